The van der Waals surface area contributed by atoms with Crippen LogP contribution in [0.4, 0.5) is 0 Å². The topological polar surface area (TPSA) is 74.7 Å². The summed E-state index contributed by atoms with van der Waals surface area (Å²) in [5, 5.41) is 9.01. The minimum Gasteiger partial charge on any atom is -0.480 e. The number of hydrogen-bond donors (Lipinski definition) is 1. The van der Waals surface area contributed by atoms with Crippen molar-refractivity contribution in [1.29, 1.82) is 0 Å². The van der Waals surface area contributed by atoms with Crippen molar-refractivity contribution < 1.29 is 18.3 Å². The van der Waals surface area contributed by atoms with Crippen LogP contribution in [0.25, 0.3) is 0 Å². The molecule has 1 aliphatic heterocycles. The van der Waals surface area contributed by atoms with E-state index in [1.54, 1.807) is 0 Å². The number of carboxylic acids is 1. The van der Waals surface area contributed by atoms with Crippen LogP contribution in [-0.2, 0) is 14.8 Å². The molecule has 20 heavy (non-hydrogen) atoms. The van der Waals surface area contributed by atoms with Crippen molar-refractivity contribution in [1.82, 2.24) is 4.31 Å². The van der Waals surface area contributed by atoms with Crippen LogP contribution in [-0.4, -0.2) is 36.4 Å². The molecule has 1 saturated heterocycles. The Morgan fingerprint density at radius 1 is 1.35 bits per heavy atom. The Labute approximate surface area is 134 Å². The van der Waals surface area contributed by atoms with Crippen LogP contribution in [0.15, 0.2) is 21.5 Å². The number of carbonyl (C=O) groups is 1. The lowest BCUT2D eigenvalue weighted by molar-refractivity contribution is -0.140. The van der Waals surface area contributed by atoms with Crippen LogP contribution in [0.2, 0.25) is 10.0 Å². The maximum atomic E-state index is 12.6. The van der Waals surface area contributed by atoms with Crippen LogP contribution >= 0.6 is 39.1 Å². The monoisotopic (exact) mass is 401 g/mol. The maximum Gasteiger partial charge on any atom is 0.322 e. The molecule has 0 aromatic heterocycles. The molecule has 0 spiro atoms. The Balaban J connectivity index is 2.54. The first-order chi connectivity index (χ1) is 9.25. The molecule has 0 unspecified atom stereocenters. The fraction of sp³-hybridized carbons (Fsp3) is 0.364. The number of nitrogens with zero attached hydrogens (tertiary/aromatic N) is 1. The zero-order valence-corrected chi connectivity index (χ0v) is 13.9. The highest BCUT2D eigenvalue weighted by Gasteiger charge is 2.41. The second kappa shape index (κ2) is 5.81. The number of hydrogen-bond acceptors (Lipinski definition) is 3. The molecule has 1 N–H and O–H groups in total. The number of sulfonamides is 1. The van der Waals surface area contributed by atoms with Crippen molar-refractivity contribution in [3.8, 4) is 0 Å². The van der Waals surface area contributed by atoms with Gasteiger partial charge in [0.2, 0.25) is 10.0 Å². The van der Waals surface area contributed by atoms with Gasteiger partial charge in [-0.1, -0.05) is 39.1 Å². The average Bonchev–Trinajstić information content (AvgIpc) is 2.75. The van der Waals surface area contributed by atoms with E-state index < -0.39 is 22.0 Å². The van der Waals surface area contributed by atoms with Crippen molar-refractivity contribution in [2.24, 2.45) is 0 Å². The quantitative estimate of drug-likeness (QED) is 0.843. The van der Waals surface area contributed by atoms with Crippen LogP contribution in [0.5, 0.6) is 0 Å². The molecule has 110 valence electrons. The predicted molar refractivity (Wildman–Crippen MR) is 78.7 cm³/mol. The molecule has 1 fully saturated rings. The highest BCUT2D eigenvalue weighted by Crippen LogP contribution is 2.37. The van der Waals surface area contributed by atoms with Crippen molar-refractivity contribution in [2.45, 2.75) is 23.8 Å². The van der Waals surface area contributed by atoms with E-state index in [9.17, 15) is 13.2 Å². The summed E-state index contributed by atoms with van der Waals surface area (Å²) in [6.45, 7) is 0.141. The predicted octanol–water partition coefficient (Wildman–Crippen LogP) is 2.99. The normalized spacial score (nSPS) is 20.2. The summed E-state index contributed by atoms with van der Waals surface area (Å²) >= 11 is 15.1. The summed E-state index contributed by atoms with van der Waals surface area (Å²) in [6.07, 6.45) is 0.766. The van der Waals surface area contributed by atoms with E-state index in [2.05, 4.69) is 15.9 Å². The first-order valence-corrected chi connectivity index (χ1v) is 8.63. The van der Waals surface area contributed by atoms with Crippen LogP contribution in [0, 0.1) is 0 Å². The van der Waals surface area contributed by atoms with Gasteiger partial charge in [0.05, 0.1) is 10.0 Å². The number of carboxylic acid groups (broad SMARTS) is 1. The molecule has 0 radical (unpaired) electrons. The number of benzene rings is 1. The zero-order chi connectivity index (χ0) is 15.1. The lowest BCUT2D eigenvalue weighted by Crippen LogP contribution is -2.40. The van der Waals surface area contributed by atoms with Gasteiger partial charge < -0.3 is 5.11 Å². The van der Waals surface area contributed by atoms with Gasteiger partial charge in [-0.2, -0.15) is 4.31 Å². The zero-order valence-electron chi connectivity index (χ0n) is 10.0. The van der Waals surface area contributed by atoms with E-state index in [0.29, 0.717) is 10.9 Å². The third kappa shape index (κ3) is 2.82. The SMILES string of the molecule is O=C(O)[C@@H]1CCCN1S(=O)(=O)c1c(Cl)cc(Br)cc1Cl. The minimum absolute atomic E-state index is 0.0413. The molecule has 9 heteroatoms. The van der Waals surface area contributed by atoms with Gasteiger partial charge in [-0.05, 0) is 25.0 Å². The van der Waals surface area contributed by atoms with Crippen LogP contribution < -0.4 is 0 Å². The molecule has 0 amide bonds. The minimum atomic E-state index is -4.04. The van der Waals surface area contributed by atoms with Gasteiger partial charge in [-0.25, -0.2) is 8.42 Å². The molecule has 1 aromatic rings. The van der Waals surface area contributed by atoms with Gasteiger partial charge in [0.25, 0.3) is 0 Å². The van der Waals surface area contributed by atoms with Crippen molar-refractivity contribution >= 4 is 55.1 Å². The van der Waals surface area contributed by atoms with E-state index in [0.717, 1.165) is 4.31 Å². The average molecular weight is 403 g/mol. The molecule has 1 aliphatic rings. The van der Waals surface area contributed by atoms with Crippen LogP contribution in [0.3, 0.4) is 0 Å². The van der Waals surface area contributed by atoms with Crippen molar-refractivity contribution in [3.63, 3.8) is 0 Å². The van der Waals surface area contributed by atoms with Gasteiger partial charge in [0.15, 0.2) is 0 Å². The van der Waals surface area contributed by atoms with E-state index in [4.69, 9.17) is 28.3 Å². The highest BCUT2D eigenvalue weighted by atomic mass is 79.9. The molecule has 0 saturated carbocycles. The fourth-order valence-electron chi connectivity index (χ4n) is 2.17. The molecule has 0 bridgehead atoms. The standard InChI is InChI=1S/C11H10BrCl2NO4S/c12-6-4-7(13)10(8(14)5-6)20(18,19)15-3-1-2-9(15)11(16)17/h4-5,9H,1-3H2,(H,16,17)/t9-/m0/s1. The second-order valence-corrected chi connectivity index (χ2v) is 7.87. The third-order valence-corrected chi connectivity index (χ3v) is 6.31. The number of aliphatic carboxylic acids is 1. The van der Waals surface area contributed by atoms with Gasteiger partial charge in [-0.3, -0.25) is 4.79 Å². The van der Waals surface area contributed by atoms with Crippen molar-refractivity contribution in [3.05, 3.63) is 26.7 Å². The molecule has 2 rings (SSSR count). The van der Waals surface area contributed by atoms with Gasteiger partial charge in [0, 0.05) is 11.0 Å². The Hall–Kier alpha value is -0.340. The smallest absolute Gasteiger partial charge is 0.322 e. The summed E-state index contributed by atoms with van der Waals surface area (Å²) in [5.41, 5.74) is 0. The number of halogens is 3. The maximum absolute atomic E-state index is 12.6. The molecule has 1 atom stereocenters. The summed E-state index contributed by atoms with van der Waals surface area (Å²) < 4.78 is 26.6. The summed E-state index contributed by atoms with van der Waals surface area (Å²) in [6, 6.07) is 1.74. The summed E-state index contributed by atoms with van der Waals surface area (Å²) in [5.74, 6) is -1.17. The molecule has 1 aromatic carbocycles. The lowest BCUT2D eigenvalue weighted by Gasteiger charge is -2.22. The molecular formula is C11H10BrCl2NO4S. The second-order valence-electron chi connectivity index (χ2n) is 4.31. The highest BCUT2D eigenvalue weighted by molar-refractivity contribution is 9.10. The van der Waals surface area contributed by atoms with Crippen LogP contribution in [0.1, 0.15) is 12.8 Å². The Kier molecular flexibility index (Phi) is 4.66. The van der Waals surface area contributed by atoms with E-state index in [1.807, 2.05) is 0 Å². The van der Waals surface area contributed by atoms with Gasteiger partial charge in [-0.15, -0.1) is 0 Å². The van der Waals surface area contributed by atoms with Gasteiger partial charge in [0.1, 0.15) is 10.9 Å². The first-order valence-electron chi connectivity index (χ1n) is 5.64. The molecule has 5 nitrogen and oxygen atoms in total. The van der Waals surface area contributed by atoms with E-state index in [-0.39, 0.29) is 27.9 Å². The molecule has 1 heterocycles. The van der Waals surface area contributed by atoms with E-state index >= 15 is 0 Å². The number of rotatable bonds is 3. The summed E-state index contributed by atoms with van der Waals surface area (Å²) in [4.78, 5) is 10.9. The molecule has 0 aliphatic carbocycles. The largest absolute Gasteiger partial charge is 0.480 e. The summed E-state index contributed by atoms with van der Waals surface area (Å²) in [7, 11) is -4.04. The molecular weight excluding hydrogens is 393 g/mol. The lowest BCUT2D eigenvalue weighted by atomic mass is 10.2. The Morgan fingerprint density at radius 2 is 1.90 bits per heavy atom. The fourth-order valence-corrected chi connectivity index (χ4v) is 5.71. The van der Waals surface area contributed by atoms with E-state index in [1.165, 1.54) is 12.1 Å². The Morgan fingerprint density at radius 3 is 2.40 bits per heavy atom. The third-order valence-electron chi connectivity index (χ3n) is 3.02. The Bertz CT molecular complexity index is 641. The first kappa shape index (κ1) is 16.0. The van der Waals surface area contributed by atoms with Crippen molar-refractivity contribution in [2.75, 3.05) is 6.54 Å². The van der Waals surface area contributed by atoms with Gasteiger partial charge >= 0.3 is 5.97 Å².